The zero-order chi connectivity index (χ0) is 21.7. The maximum absolute atomic E-state index is 13.6. The molecular weight excluding hydrogens is 400 g/mol. The van der Waals surface area contributed by atoms with Gasteiger partial charge >= 0.3 is 6.03 Å². The average Bonchev–Trinajstić information content (AvgIpc) is 3.08. The van der Waals surface area contributed by atoms with Crippen LogP contribution in [0.2, 0.25) is 0 Å². The fourth-order valence-electron chi connectivity index (χ4n) is 5.59. The minimum Gasteiger partial charge on any atom is -0.335 e. The molecule has 0 radical (unpaired) electrons. The first kappa shape index (κ1) is 20.3. The van der Waals surface area contributed by atoms with Crippen LogP contribution in [-0.4, -0.2) is 34.5 Å². The minimum atomic E-state index is -0.625. The van der Waals surface area contributed by atoms with Gasteiger partial charge < -0.3 is 10.2 Å². The van der Waals surface area contributed by atoms with Crippen molar-refractivity contribution in [3.05, 3.63) is 64.5 Å². The van der Waals surface area contributed by atoms with E-state index in [1.807, 2.05) is 13.8 Å². The summed E-state index contributed by atoms with van der Waals surface area (Å²) in [6, 6.07) is 8.08. The molecule has 31 heavy (non-hydrogen) atoms. The molecule has 1 aromatic carbocycles. The van der Waals surface area contributed by atoms with E-state index in [2.05, 4.69) is 33.3 Å². The van der Waals surface area contributed by atoms with Gasteiger partial charge in [0.25, 0.3) is 0 Å². The van der Waals surface area contributed by atoms with Gasteiger partial charge in [-0.15, -0.1) is 0 Å². The van der Waals surface area contributed by atoms with Crippen LogP contribution in [0.1, 0.15) is 41.4 Å². The minimum absolute atomic E-state index is 0.100. The van der Waals surface area contributed by atoms with Gasteiger partial charge in [0.1, 0.15) is 11.6 Å². The third kappa shape index (κ3) is 4.02. The highest BCUT2D eigenvalue weighted by Crippen LogP contribution is 2.42. The second-order valence-electron chi connectivity index (χ2n) is 9.17. The van der Waals surface area contributed by atoms with E-state index in [0.29, 0.717) is 18.0 Å². The summed E-state index contributed by atoms with van der Waals surface area (Å²) in [5, 5.41) is 3.13. The van der Waals surface area contributed by atoms with Gasteiger partial charge in [0, 0.05) is 42.6 Å². The van der Waals surface area contributed by atoms with Crippen molar-refractivity contribution in [3.8, 4) is 0 Å². The molecule has 0 spiro atoms. The van der Waals surface area contributed by atoms with Gasteiger partial charge in [0.15, 0.2) is 0 Å². The molecule has 6 nitrogen and oxygen atoms in total. The zero-order valence-corrected chi connectivity index (χ0v) is 17.7. The Morgan fingerprint density at radius 3 is 2.42 bits per heavy atom. The van der Waals surface area contributed by atoms with Crippen LogP contribution in [0.5, 0.6) is 0 Å². The molecule has 3 N–H and O–H groups in total. The van der Waals surface area contributed by atoms with Crippen molar-refractivity contribution in [2.75, 3.05) is 6.54 Å². The van der Waals surface area contributed by atoms with Crippen LogP contribution in [0.4, 0.5) is 13.6 Å². The van der Waals surface area contributed by atoms with Crippen LogP contribution >= 0.6 is 0 Å². The second kappa shape index (κ2) is 7.84. The first-order chi connectivity index (χ1) is 14.9. The first-order valence-electron chi connectivity index (χ1n) is 10.8. The molecule has 2 aromatic rings. The number of benzene rings is 1. The molecule has 1 aliphatic carbocycles. The maximum atomic E-state index is 13.6. The number of hydrogen-bond acceptors (Lipinski definition) is 4. The van der Waals surface area contributed by atoms with E-state index >= 15 is 0 Å². The smallest absolute Gasteiger partial charge is 0.317 e. The van der Waals surface area contributed by atoms with Crippen LogP contribution in [0, 0.1) is 37.3 Å². The van der Waals surface area contributed by atoms with Crippen molar-refractivity contribution >= 4 is 6.03 Å². The second-order valence-corrected chi connectivity index (χ2v) is 9.17. The van der Waals surface area contributed by atoms with E-state index in [1.54, 1.807) is 4.90 Å². The highest BCUT2D eigenvalue weighted by Gasteiger charge is 2.47. The summed E-state index contributed by atoms with van der Waals surface area (Å²) in [6.45, 7) is 4.80. The zero-order valence-electron chi connectivity index (χ0n) is 17.7. The van der Waals surface area contributed by atoms with Crippen LogP contribution < -0.4 is 16.2 Å². The van der Waals surface area contributed by atoms with E-state index in [4.69, 9.17) is 0 Å². The molecule has 3 aliphatic rings. The van der Waals surface area contributed by atoms with Gasteiger partial charge in [-0.05, 0) is 73.9 Å². The Kier molecular flexibility index (Phi) is 5.14. The lowest BCUT2D eigenvalue weighted by atomic mass is 9.71. The van der Waals surface area contributed by atoms with E-state index in [9.17, 15) is 13.6 Å². The lowest BCUT2D eigenvalue weighted by Gasteiger charge is -2.45. The summed E-state index contributed by atoms with van der Waals surface area (Å²) in [4.78, 5) is 18.8. The molecule has 8 heteroatoms. The van der Waals surface area contributed by atoms with Crippen LogP contribution in [-0.2, 0) is 6.54 Å². The van der Waals surface area contributed by atoms with Gasteiger partial charge in [0.2, 0.25) is 0 Å². The number of pyridine rings is 1. The predicted octanol–water partition coefficient (Wildman–Crippen LogP) is 3.11. The summed E-state index contributed by atoms with van der Waals surface area (Å²) in [5.41, 5.74) is 10.6. The topological polar surface area (TPSA) is 69.3 Å². The number of nitrogens with zero attached hydrogens (tertiary/aromatic N) is 2. The number of hydrazine groups is 1. The molecule has 5 atom stereocenters. The Balaban J connectivity index is 1.32. The first-order valence-corrected chi connectivity index (χ1v) is 10.8. The number of amides is 2. The Hall–Kier alpha value is -2.58. The van der Waals surface area contributed by atoms with E-state index in [1.165, 1.54) is 17.7 Å². The molecule has 5 rings (SSSR count). The van der Waals surface area contributed by atoms with Crippen molar-refractivity contribution in [2.24, 2.45) is 11.8 Å². The van der Waals surface area contributed by atoms with Gasteiger partial charge in [-0.3, -0.25) is 10.4 Å². The third-order valence-corrected chi connectivity index (χ3v) is 6.83. The third-order valence-electron chi connectivity index (χ3n) is 6.83. The molecule has 0 bridgehead atoms. The van der Waals surface area contributed by atoms with E-state index in [-0.39, 0.29) is 36.6 Å². The number of carbonyl (C=O) groups is 1. The molecule has 164 valence electrons. The number of fused-ring (bicyclic) bond motifs is 2. The summed E-state index contributed by atoms with van der Waals surface area (Å²) >= 11 is 0. The van der Waals surface area contributed by atoms with Gasteiger partial charge in [-0.25, -0.2) is 19.0 Å². The van der Waals surface area contributed by atoms with Gasteiger partial charge in [-0.2, -0.15) is 0 Å². The Morgan fingerprint density at radius 2 is 1.71 bits per heavy atom. The monoisotopic (exact) mass is 427 g/mol. The number of hydrogen-bond donors (Lipinski definition) is 3. The quantitative estimate of drug-likeness (QED) is 0.704. The highest BCUT2D eigenvalue weighted by atomic mass is 19.1. The van der Waals surface area contributed by atoms with Crippen LogP contribution in [0.15, 0.2) is 30.3 Å². The van der Waals surface area contributed by atoms with Crippen molar-refractivity contribution in [1.82, 2.24) is 26.1 Å². The van der Waals surface area contributed by atoms with Crippen molar-refractivity contribution in [3.63, 3.8) is 0 Å². The number of rotatable bonds is 3. The molecule has 5 unspecified atom stereocenters. The van der Waals surface area contributed by atoms with Crippen molar-refractivity contribution in [1.29, 1.82) is 0 Å². The molecule has 2 aliphatic heterocycles. The van der Waals surface area contributed by atoms with Gasteiger partial charge in [0.05, 0.1) is 6.04 Å². The molecule has 1 aromatic heterocycles. The van der Waals surface area contributed by atoms with Crippen molar-refractivity contribution < 1.29 is 13.6 Å². The standard InChI is InChI=1S/C23H27F2N5O/c1-12-3-15(4-13(2)26-12)22-19-7-16-11-30(10-14-5-17(24)8-18(25)6-14)23(31)27-20(16)9-21(19)28-29-22/h3-6,8,16,19-22,28-29H,7,9-11H2,1-2H3,(H,27,31). The normalized spacial score (nSPS) is 30.0. The maximum Gasteiger partial charge on any atom is 0.317 e. The highest BCUT2D eigenvalue weighted by molar-refractivity contribution is 5.75. The Morgan fingerprint density at radius 1 is 1.00 bits per heavy atom. The summed E-state index contributed by atoms with van der Waals surface area (Å²) in [5.74, 6) is -0.573. The number of nitrogens with one attached hydrogen (secondary N) is 3. The predicted molar refractivity (Wildman–Crippen MR) is 112 cm³/mol. The van der Waals surface area contributed by atoms with Crippen LogP contribution in [0.25, 0.3) is 0 Å². The molecular formula is C23H27F2N5O. The van der Waals surface area contributed by atoms with Crippen LogP contribution in [0.3, 0.4) is 0 Å². The molecule has 3 heterocycles. The largest absolute Gasteiger partial charge is 0.335 e. The average molecular weight is 427 g/mol. The van der Waals surface area contributed by atoms with Gasteiger partial charge in [-0.1, -0.05) is 0 Å². The molecule has 2 amide bonds. The summed E-state index contributed by atoms with van der Waals surface area (Å²) in [7, 11) is 0. The van der Waals surface area contributed by atoms with E-state index in [0.717, 1.165) is 30.3 Å². The number of aryl methyl sites for hydroxylation is 2. The lowest BCUT2D eigenvalue weighted by Crippen LogP contribution is -2.60. The number of carbonyl (C=O) groups excluding carboxylic acids is 1. The Labute approximate surface area is 180 Å². The fourth-order valence-corrected chi connectivity index (χ4v) is 5.59. The summed E-state index contributed by atoms with van der Waals surface area (Å²) in [6.07, 6.45) is 1.81. The lowest BCUT2D eigenvalue weighted by molar-refractivity contribution is 0.0961. The fraction of sp³-hybridized carbons (Fsp3) is 0.478. The number of halogens is 2. The molecule has 3 fully saturated rings. The summed E-state index contributed by atoms with van der Waals surface area (Å²) < 4.78 is 27.2. The number of aromatic nitrogens is 1. The molecule has 1 saturated carbocycles. The van der Waals surface area contributed by atoms with E-state index < -0.39 is 11.6 Å². The SMILES string of the molecule is Cc1cc(C2NNC3CC4NC(=O)N(Cc5cc(F)cc(F)c5)CC4CC32)cc(C)n1. The van der Waals surface area contributed by atoms with Crippen molar-refractivity contribution in [2.45, 2.75) is 51.4 Å². The molecule has 2 saturated heterocycles. The Bertz CT molecular complexity index is 975. The number of urea groups is 1.